The molecule has 2 heterocycles. The fourth-order valence-corrected chi connectivity index (χ4v) is 2.80. The van der Waals surface area contributed by atoms with Crippen LogP contribution in [0.3, 0.4) is 0 Å². The number of rotatable bonds is 5. The van der Waals surface area contributed by atoms with Crippen LogP contribution < -0.4 is 5.32 Å². The van der Waals surface area contributed by atoms with Crippen molar-refractivity contribution in [2.24, 2.45) is 0 Å². The van der Waals surface area contributed by atoms with Crippen molar-refractivity contribution in [2.45, 2.75) is 31.8 Å². The van der Waals surface area contributed by atoms with Crippen LogP contribution in [0.2, 0.25) is 0 Å². The number of aromatic nitrogens is 1. The lowest BCUT2D eigenvalue weighted by molar-refractivity contribution is -0.133. The topological polar surface area (TPSA) is 65.5 Å². The van der Waals surface area contributed by atoms with Crippen LogP contribution >= 0.6 is 11.3 Å². The molecule has 2 rings (SSSR count). The average molecular weight is 305 g/mol. The molecule has 8 heteroatoms. The SMILES string of the molecule is O=C(Cc1csc(NCC(F)F)n1)N1CCCC(O)C1. The molecule has 1 atom stereocenters. The predicted octanol–water partition coefficient (Wildman–Crippen LogP) is 1.35. The van der Waals surface area contributed by atoms with E-state index in [0.717, 1.165) is 12.8 Å². The van der Waals surface area contributed by atoms with Gasteiger partial charge in [0, 0.05) is 18.5 Å². The number of thiazole rings is 1. The zero-order valence-electron chi connectivity index (χ0n) is 10.9. The molecule has 0 spiro atoms. The van der Waals surface area contributed by atoms with Gasteiger partial charge in [-0.05, 0) is 12.8 Å². The van der Waals surface area contributed by atoms with Gasteiger partial charge in [-0.1, -0.05) is 0 Å². The van der Waals surface area contributed by atoms with Crippen molar-refractivity contribution < 1.29 is 18.7 Å². The van der Waals surface area contributed by atoms with E-state index < -0.39 is 19.1 Å². The van der Waals surface area contributed by atoms with Crippen LogP contribution in [-0.2, 0) is 11.2 Å². The third kappa shape index (κ3) is 4.38. The highest BCUT2D eigenvalue weighted by molar-refractivity contribution is 7.13. The molecule has 112 valence electrons. The summed E-state index contributed by atoms with van der Waals surface area (Å²) in [5, 5.41) is 14.1. The highest BCUT2D eigenvalue weighted by Crippen LogP contribution is 2.18. The van der Waals surface area contributed by atoms with Crippen LogP contribution in [0.15, 0.2) is 5.38 Å². The van der Waals surface area contributed by atoms with Crippen LogP contribution in [0.1, 0.15) is 18.5 Å². The minimum absolute atomic E-state index is 0.0885. The number of piperidine rings is 1. The number of nitrogens with one attached hydrogen (secondary N) is 1. The summed E-state index contributed by atoms with van der Waals surface area (Å²) < 4.78 is 24.1. The Hall–Kier alpha value is -1.28. The number of aliphatic hydroxyl groups is 1. The van der Waals surface area contributed by atoms with Gasteiger partial charge in [0.05, 0.1) is 24.8 Å². The van der Waals surface area contributed by atoms with Crippen molar-refractivity contribution in [3.8, 4) is 0 Å². The van der Waals surface area contributed by atoms with Crippen LogP contribution in [-0.4, -0.2) is 53.1 Å². The summed E-state index contributed by atoms with van der Waals surface area (Å²) in [5.41, 5.74) is 0.567. The highest BCUT2D eigenvalue weighted by Gasteiger charge is 2.22. The third-order valence-electron chi connectivity index (χ3n) is 3.04. The number of nitrogens with zero attached hydrogens (tertiary/aromatic N) is 2. The smallest absolute Gasteiger partial charge is 0.255 e. The maximum absolute atomic E-state index is 12.0. The third-order valence-corrected chi connectivity index (χ3v) is 3.89. The number of anilines is 1. The van der Waals surface area contributed by atoms with Crippen molar-refractivity contribution in [2.75, 3.05) is 25.0 Å². The molecule has 1 aliphatic rings. The van der Waals surface area contributed by atoms with Crippen molar-refractivity contribution >= 4 is 22.4 Å². The molecule has 2 N–H and O–H groups in total. The quantitative estimate of drug-likeness (QED) is 0.862. The summed E-state index contributed by atoms with van der Waals surface area (Å²) in [6.07, 6.45) is -1.22. The zero-order chi connectivity index (χ0) is 14.5. The van der Waals surface area contributed by atoms with Crippen molar-refractivity contribution in [3.63, 3.8) is 0 Å². The van der Waals surface area contributed by atoms with Crippen LogP contribution in [0.25, 0.3) is 0 Å². The molecule has 0 saturated carbocycles. The number of amides is 1. The first-order valence-electron chi connectivity index (χ1n) is 6.47. The van der Waals surface area contributed by atoms with Gasteiger partial charge in [0.1, 0.15) is 0 Å². The Balaban J connectivity index is 1.84. The van der Waals surface area contributed by atoms with E-state index in [1.807, 2.05) is 0 Å². The first-order chi connectivity index (χ1) is 9.54. The number of carbonyl (C=O) groups is 1. The van der Waals surface area contributed by atoms with Crippen LogP contribution in [0.5, 0.6) is 0 Å². The molecule has 0 aliphatic carbocycles. The minimum Gasteiger partial charge on any atom is -0.391 e. The Bertz CT molecular complexity index is 456. The Labute approximate surface area is 119 Å². The number of hydrogen-bond donors (Lipinski definition) is 2. The van der Waals surface area contributed by atoms with E-state index in [9.17, 15) is 18.7 Å². The summed E-state index contributed by atoms with van der Waals surface area (Å²) in [6.45, 7) is 0.565. The van der Waals surface area contributed by atoms with Crippen molar-refractivity contribution in [3.05, 3.63) is 11.1 Å². The molecule has 0 bridgehead atoms. The molecule has 1 amide bonds. The Morgan fingerprint density at radius 1 is 1.65 bits per heavy atom. The van der Waals surface area contributed by atoms with E-state index in [1.54, 1.807) is 10.3 Å². The van der Waals surface area contributed by atoms with Gasteiger partial charge in [-0.25, -0.2) is 13.8 Å². The predicted molar refractivity (Wildman–Crippen MR) is 72.1 cm³/mol. The lowest BCUT2D eigenvalue weighted by atomic mass is 10.1. The van der Waals surface area contributed by atoms with Gasteiger partial charge in [0.2, 0.25) is 5.91 Å². The second-order valence-electron chi connectivity index (χ2n) is 4.73. The molecule has 1 saturated heterocycles. The summed E-state index contributed by atoms with van der Waals surface area (Å²) in [5.74, 6) is -0.0885. The molecule has 5 nitrogen and oxygen atoms in total. The van der Waals surface area contributed by atoms with Gasteiger partial charge in [-0.3, -0.25) is 4.79 Å². The lowest BCUT2D eigenvalue weighted by Crippen LogP contribution is -2.42. The van der Waals surface area contributed by atoms with E-state index >= 15 is 0 Å². The van der Waals surface area contributed by atoms with Gasteiger partial charge >= 0.3 is 0 Å². The standard InChI is InChI=1S/C12H17F2N3O2S/c13-10(14)5-15-12-16-8(7-20-12)4-11(19)17-3-1-2-9(18)6-17/h7,9-10,18H,1-6H2,(H,15,16). The summed E-state index contributed by atoms with van der Waals surface area (Å²) >= 11 is 1.21. The molecule has 20 heavy (non-hydrogen) atoms. The minimum atomic E-state index is -2.43. The van der Waals surface area contributed by atoms with E-state index in [4.69, 9.17) is 0 Å². The van der Waals surface area contributed by atoms with Gasteiger partial charge in [-0.15, -0.1) is 11.3 Å². The van der Waals surface area contributed by atoms with E-state index in [-0.39, 0.29) is 12.3 Å². The molecule has 0 radical (unpaired) electrons. The zero-order valence-corrected chi connectivity index (χ0v) is 11.7. The fourth-order valence-electron chi connectivity index (χ4n) is 2.08. The number of likely N-dealkylation sites (tertiary alicyclic amines) is 1. The average Bonchev–Trinajstić information content (AvgIpc) is 2.84. The number of carbonyl (C=O) groups excluding carboxylic acids is 1. The van der Waals surface area contributed by atoms with E-state index in [0.29, 0.717) is 23.9 Å². The molecule has 1 unspecified atom stereocenters. The molecule has 1 aromatic heterocycles. The van der Waals surface area contributed by atoms with E-state index in [2.05, 4.69) is 10.3 Å². The second kappa shape index (κ2) is 6.94. The molecular formula is C12H17F2N3O2S. The maximum Gasteiger partial charge on any atom is 0.255 e. The Morgan fingerprint density at radius 2 is 2.45 bits per heavy atom. The second-order valence-corrected chi connectivity index (χ2v) is 5.59. The lowest BCUT2D eigenvalue weighted by Gasteiger charge is -2.29. The van der Waals surface area contributed by atoms with Crippen molar-refractivity contribution in [1.82, 2.24) is 9.88 Å². The molecular weight excluding hydrogens is 288 g/mol. The van der Waals surface area contributed by atoms with Crippen molar-refractivity contribution in [1.29, 1.82) is 0 Å². The maximum atomic E-state index is 12.0. The molecule has 0 aromatic carbocycles. The van der Waals surface area contributed by atoms with Gasteiger partial charge in [0.15, 0.2) is 5.13 Å². The molecule has 1 aliphatic heterocycles. The Morgan fingerprint density at radius 3 is 3.15 bits per heavy atom. The van der Waals surface area contributed by atoms with Gasteiger partial charge in [-0.2, -0.15) is 0 Å². The largest absolute Gasteiger partial charge is 0.391 e. The first-order valence-corrected chi connectivity index (χ1v) is 7.35. The first kappa shape index (κ1) is 15.1. The Kier molecular flexibility index (Phi) is 5.24. The van der Waals surface area contributed by atoms with Crippen LogP contribution in [0, 0.1) is 0 Å². The van der Waals surface area contributed by atoms with Crippen LogP contribution in [0.4, 0.5) is 13.9 Å². The normalized spacial score (nSPS) is 19.4. The number of halogens is 2. The number of β-amino-alcohol motifs (C(OH)–C–C–N with tert-alkyl or cyclic N) is 1. The summed E-state index contributed by atoms with van der Waals surface area (Å²) in [4.78, 5) is 17.8. The monoisotopic (exact) mass is 305 g/mol. The number of aliphatic hydroxyl groups excluding tert-OH is 1. The summed E-state index contributed by atoms with van der Waals surface area (Å²) in [7, 11) is 0. The fraction of sp³-hybridized carbons (Fsp3) is 0.667. The summed E-state index contributed by atoms with van der Waals surface area (Å²) in [6, 6.07) is 0. The number of alkyl halides is 2. The van der Waals surface area contributed by atoms with Gasteiger partial charge in [0.25, 0.3) is 6.43 Å². The molecule has 1 fully saturated rings. The van der Waals surface area contributed by atoms with E-state index in [1.165, 1.54) is 11.3 Å². The number of hydrogen-bond acceptors (Lipinski definition) is 5. The molecule has 1 aromatic rings. The van der Waals surface area contributed by atoms with Gasteiger partial charge < -0.3 is 15.3 Å². The highest BCUT2D eigenvalue weighted by atomic mass is 32.1.